The molecule has 0 bridgehead atoms. The maximum atomic E-state index is 13.5. The van der Waals surface area contributed by atoms with Crippen LogP contribution >= 0.6 is 11.8 Å². The Hall–Kier alpha value is -7.89. The number of rotatable bonds is 22. The molecular weight excluding hydrogens is 997 g/mol. The van der Waals surface area contributed by atoms with Gasteiger partial charge in [-0.3, -0.25) is 19.4 Å². The normalized spacial score (nSPS) is 11.5. The first kappa shape index (κ1) is 56.8. The van der Waals surface area contributed by atoms with Crippen molar-refractivity contribution in [3.63, 3.8) is 0 Å². The van der Waals surface area contributed by atoms with Crippen molar-refractivity contribution in [1.29, 1.82) is 0 Å². The van der Waals surface area contributed by atoms with Crippen molar-refractivity contribution in [2.24, 2.45) is 5.73 Å². The van der Waals surface area contributed by atoms with Crippen molar-refractivity contribution in [3.8, 4) is 11.5 Å². The molecule has 0 aliphatic carbocycles. The Morgan fingerprint density at radius 1 is 0.740 bits per heavy atom. The number of carbonyl (C=O) groups excluding carboxylic acids is 4. The number of ether oxygens (including phenoxy) is 5. The molecule has 0 radical (unpaired) electrons. The summed E-state index contributed by atoms with van der Waals surface area (Å²) < 4.78 is 27.9. The molecule has 3 amide bonds. The topological polar surface area (TPSA) is 213 Å². The predicted octanol–water partition coefficient (Wildman–Crippen LogP) is 12.6. The van der Waals surface area contributed by atoms with Crippen LogP contribution in [0.15, 0.2) is 130 Å². The lowest BCUT2D eigenvalue weighted by Gasteiger charge is -2.27. The molecule has 404 valence electrons. The molecule has 2 heterocycles. The van der Waals surface area contributed by atoms with Gasteiger partial charge in [0.25, 0.3) is 11.8 Å². The van der Waals surface area contributed by atoms with Crippen LogP contribution in [-0.4, -0.2) is 83.5 Å². The first-order valence-electron chi connectivity index (χ1n) is 25.7. The number of unbranched alkanes of at least 4 members (excludes halogenated alkanes) is 3. The number of aromatic nitrogens is 2. The van der Waals surface area contributed by atoms with Crippen LogP contribution in [0.1, 0.15) is 105 Å². The molecule has 0 unspecified atom stereocenters. The maximum Gasteiger partial charge on any atom is 0.514 e. The summed E-state index contributed by atoms with van der Waals surface area (Å²) in [4.78, 5) is 75.0. The Bertz CT molecular complexity index is 3290. The second kappa shape index (κ2) is 25.8. The molecule has 0 aliphatic heterocycles. The Morgan fingerprint density at radius 3 is 2.23 bits per heavy atom. The summed E-state index contributed by atoms with van der Waals surface area (Å²) in [7, 11) is 1.59. The average molecular weight is 1070 g/mol. The first-order valence-corrected chi connectivity index (χ1v) is 26.5. The molecule has 5 N–H and O–H groups in total. The Kier molecular flexibility index (Phi) is 19.0. The molecular formula is C60H68N6O10S. The summed E-state index contributed by atoms with van der Waals surface area (Å²) in [5.41, 5.74) is 10.7. The van der Waals surface area contributed by atoms with E-state index in [4.69, 9.17) is 29.4 Å². The van der Waals surface area contributed by atoms with Crippen molar-refractivity contribution >= 4 is 74.7 Å². The minimum atomic E-state index is -0.879. The van der Waals surface area contributed by atoms with E-state index < -0.39 is 29.4 Å². The number of amides is 3. The Balaban J connectivity index is 0.855. The summed E-state index contributed by atoms with van der Waals surface area (Å²) in [5.74, 6) is -0.0109. The highest BCUT2D eigenvalue weighted by Gasteiger charge is 2.24. The van der Waals surface area contributed by atoms with Gasteiger partial charge in [0, 0.05) is 75.5 Å². The molecule has 2 aromatic heterocycles. The molecule has 0 spiro atoms. The number of H-pyrrole nitrogens is 1. The van der Waals surface area contributed by atoms with Gasteiger partial charge < -0.3 is 49.9 Å². The van der Waals surface area contributed by atoms with E-state index in [0.717, 1.165) is 75.2 Å². The largest absolute Gasteiger partial charge is 0.514 e. The molecule has 5 aromatic carbocycles. The minimum absolute atomic E-state index is 0.171. The van der Waals surface area contributed by atoms with Crippen molar-refractivity contribution in [2.45, 2.75) is 108 Å². The van der Waals surface area contributed by atoms with Gasteiger partial charge in [-0.1, -0.05) is 54.9 Å². The van der Waals surface area contributed by atoms with Crippen molar-refractivity contribution < 1.29 is 42.9 Å². The van der Waals surface area contributed by atoms with Gasteiger partial charge in [-0.05, 0) is 158 Å². The van der Waals surface area contributed by atoms with E-state index in [-0.39, 0.29) is 22.8 Å². The molecule has 0 aliphatic rings. The van der Waals surface area contributed by atoms with Crippen LogP contribution in [-0.2, 0) is 27.1 Å². The number of nitrogens with one attached hydrogen (secondary N) is 3. The number of anilines is 3. The van der Waals surface area contributed by atoms with Gasteiger partial charge >= 0.3 is 12.2 Å². The number of hydrogen-bond donors (Lipinski definition) is 4. The van der Waals surface area contributed by atoms with E-state index in [1.165, 1.54) is 24.0 Å². The fourth-order valence-corrected chi connectivity index (χ4v) is 9.46. The number of nitrogens with zero attached hydrogens (tertiary/aromatic N) is 2. The monoisotopic (exact) mass is 1060 g/mol. The Morgan fingerprint density at radius 2 is 1.49 bits per heavy atom. The van der Waals surface area contributed by atoms with Gasteiger partial charge in [0.05, 0.1) is 36.0 Å². The van der Waals surface area contributed by atoms with E-state index in [1.807, 2.05) is 113 Å². The third kappa shape index (κ3) is 16.6. The van der Waals surface area contributed by atoms with Gasteiger partial charge in [0.1, 0.15) is 17.0 Å². The summed E-state index contributed by atoms with van der Waals surface area (Å²) in [6, 6.07) is 33.1. The molecule has 16 nitrogen and oxygen atoms in total. The second-order valence-electron chi connectivity index (χ2n) is 20.6. The molecule has 0 atom stereocenters. The van der Waals surface area contributed by atoms with E-state index in [0.29, 0.717) is 66.3 Å². The van der Waals surface area contributed by atoms with Gasteiger partial charge in [0.15, 0.2) is 5.75 Å². The first-order chi connectivity index (χ1) is 36.7. The summed E-state index contributed by atoms with van der Waals surface area (Å²) in [6.45, 7) is 14.7. The molecule has 0 saturated carbocycles. The van der Waals surface area contributed by atoms with Crippen molar-refractivity contribution in [3.05, 3.63) is 154 Å². The van der Waals surface area contributed by atoms with Crippen molar-refractivity contribution in [2.75, 3.05) is 44.0 Å². The lowest BCUT2D eigenvalue weighted by molar-refractivity contribution is 0.0204. The van der Waals surface area contributed by atoms with Gasteiger partial charge in [-0.15, -0.1) is 0 Å². The van der Waals surface area contributed by atoms with Gasteiger partial charge in [0.2, 0.25) is 5.56 Å². The van der Waals surface area contributed by atoms with Crippen LogP contribution in [0.3, 0.4) is 0 Å². The molecule has 0 fully saturated rings. The van der Waals surface area contributed by atoms with Crippen LogP contribution in [0, 0.1) is 6.92 Å². The number of pyridine rings is 2. The molecule has 77 heavy (non-hydrogen) atoms. The zero-order valence-electron chi connectivity index (χ0n) is 45.0. The van der Waals surface area contributed by atoms with Crippen LogP contribution in [0.5, 0.6) is 11.5 Å². The summed E-state index contributed by atoms with van der Waals surface area (Å²) in [6.07, 6.45) is 4.88. The molecule has 7 rings (SSSR count). The Labute approximate surface area is 453 Å². The fraction of sp³-hybridized carbons (Fsp3) is 0.333. The number of methoxy groups -OCH3 is 1. The quantitative estimate of drug-likeness (QED) is 0.0283. The number of nitrogens with two attached hydrogens (primary N) is 1. The van der Waals surface area contributed by atoms with E-state index >= 15 is 0 Å². The summed E-state index contributed by atoms with van der Waals surface area (Å²) >= 11 is 1.49. The smallest absolute Gasteiger partial charge is 0.497 e. The third-order valence-corrected chi connectivity index (χ3v) is 13.1. The van der Waals surface area contributed by atoms with Crippen LogP contribution in [0.4, 0.5) is 26.7 Å². The van der Waals surface area contributed by atoms with Crippen LogP contribution in [0.2, 0.25) is 0 Å². The maximum absolute atomic E-state index is 13.5. The predicted molar refractivity (Wildman–Crippen MR) is 302 cm³/mol. The van der Waals surface area contributed by atoms with Crippen LogP contribution in [0.25, 0.3) is 21.8 Å². The standard InChI is InChI=1S/C60H68N6O10S/c1-38-33-46(36-48-52(38)62-37-49(55(61)68)53(48)63-43-16-14-17-44(35-43)72-8)77-45-18-13-15-41(34-45)56(69)64-42-22-19-39(20-23-42)28-32-73-31-12-10-9-11-29-66(57(70)75-59(2,3)4)30-27-40-21-25-50(74-58(71)76-60(5,6)7)54-47(40)24-26-51(67)65-54/h13-26,33-37H,9-12,27-32H2,1-8H3,(H2,61,68)(H,62,63)(H,64,69)(H,65,67). The number of benzene rings is 5. The number of aromatic amines is 1. The van der Waals surface area contributed by atoms with Gasteiger partial charge in [-0.25, -0.2) is 9.59 Å². The zero-order chi connectivity index (χ0) is 55.3. The minimum Gasteiger partial charge on any atom is -0.497 e. The average Bonchev–Trinajstić information content (AvgIpc) is 3.38. The number of carbonyl (C=O) groups is 4. The lowest BCUT2D eigenvalue weighted by atomic mass is 10.0. The van der Waals surface area contributed by atoms with Gasteiger partial charge in [-0.2, -0.15) is 0 Å². The molecule has 0 saturated heterocycles. The SMILES string of the molecule is COc1cccc(Nc2c(C(N)=O)cnc3c(C)cc(Sc4cccc(C(=O)Nc5ccc(CCOCCCCCCN(CCc6ccc(OC(=O)OC(C)(C)C)c7[nH]c(=O)ccc67)C(=O)OC(C)(C)C)cc5)c4)cc23)c1. The highest BCUT2D eigenvalue weighted by atomic mass is 32.2. The number of aryl methyl sites for hydroxylation is 1. The summed E-state index contributed by atoms with van der Waals surface area (Å²) in [5, 5.41) is 7.81. The number of primary amides is 1. The lowest BCUT2D eigenvalue weighted by Crippen LogP contribution is -2.38. The second-order valence-corrected chi connectivity index (χ2v) is 21.7. The van der Waals surface area contributed by atoms with E-state index in [9.17, 15) is 24.0 Å². The van der Waals surface area contributed by atoms with Crippen molar-refractivity contribution in [1.82, 2.24) is 14.9 Å². The van der Waals surface area contributed by atoms with E-state index in [1.54, 1.807) is 51.0 Å². The highest BCUT2D eigenvalue weighted by molar-refractivity contribution is 7.99. The number of fused-ring (bicyclic) bond motifs is 2. The highest BCUT2D eigenvalue weighted by Crippen LogP contribution is 2.37. The number of hydrogen-bond acceptors (Lipinski definition) is 13. The molecule has 7 aromatic rings. The third-order valence-electron chi connectivity index (χ3n) is 12.1. The zero-order valence-corrected chi connectivity index (χ0v) is 45.8. The molecule has 17 heteroatoms. The van der Waals surface area contributed by atoms with E-state index in [2.05, 4.69) is 20.6 Å². The fourth-order valence-electron chi connectivity index (χ4n) is 8.45. The van der Waals surface area contributed by atoms with Crippen LogP contribution < -0.4 is 31.4 Å².